The molecule has 1 saturated heterocycles. The van der Waals surface area contributed by atoms with Crippen molar-refractivity contribution in [2.24, 2.45) is 29.1 Å². The first-order chi connectivity index (χ1) is 12.5. The third kappa shape index (κ3) is 2.14. The molecule has 4 aliphatic rings. The Morgan fingerprint density at radius 3 is 2.92 bits per heavy atom. The number of fused-ring (bicyclic) bond motifs is 7. The number of aryl methyl sites for hydroxylation is 1. The van der Waals surface area contributed by atoms with E-state index in [9.17, 15) is 15.0 Å². The van der Waals surface area contributed by atoms with Crippen molar-refractivity contribution in [3.63, 3.8) is 0 Å². The molecule has 140 valence electrons. The molecule has 4 nitrogen and oxygen atoms in total. The van der Waals surface area contributed by atoms with Gasteiger partial charge >= 0.3 is 5.97 Å². The van der Waals surface area contributed by atoms with Gasteiger partial charge in [0.15, 0.2) is 0 Å². The number of esters is 1. The molecule has 1 unspecified atom stereocenters. The number of hydrogen-bond donors (Lipinski definition) is 2. The predicted molar refractivity (Wildman–Crippen MR) is 96.7 cm³/mol. The molecular weight excluding hydrogens is 328 g/mol. The van der Waals surface area contributed by atoms with Crippen LogP contribution >= 0.6 is 0 Å². The van der Waals surface area contributed by atoms with Gasteiger partial charge in [0.25, 0.3) is 0 Å². The van der Waals surface area contributed by atoms with E-state index in [2.05, 4.69) is 13.0 Å². The second-order valence-corrected chi connectivity index (χ2v) is 9.22. The monoisotopic (exact) mass is 356 g/mol. The quantitative estimate of drug-likeness (QED) is 0.797. The van der Waals surface area contributed by atoms with Gasteiger partial charge in [-0.2, -0.15) is 0 Å². The number of rotatable bonds is 2. The third-order valence-electron chi connectivity index (χ3n) is 8.22. The molecule has 4 heteroatoms. The summed E-state index contributed by atoms with van der Waals surface area (Å²) in [5, 5.41) is 19.2. The number of aliphatic hydroxyl groups is 1. The van der Waals surface area contributed by atoms with E-state index in [0.717, 1.165) is 25.7 Å². The Labute approximate surface area is 154 Å². The minimum Gasteiger partial charge on any atom is -0.508 e. The zero-order chi connectivity index (χ0) is 18.1. The summed E-state index contributed by atoms with van der Waals surface area (Å²) in [6, 6.07) is 5.91. The lowest BCUT2D eigenvalue weighted by Crippen LogP contribution is -2.44. The molecule has 7 atom stereocenters. The normalized spacial score (nSPS) is 43.2. The van der Waals surface area contributed by atoms with Crippen molar-refractivity contribution in [1.29, 1.82) is 0 Å². The van der Waals surface area contributed by atoms with Crippen LogP contribution in [0.3, 0.4) is 0 Å². The van der Waals surface area contributed by atoms with E-state index in [4.69, 9.17) is 4.74 Å². The van der Waals surface area contributed by atoms with Gasteiger partial charge in [-0.15, -0.1) is 0 Å². The van der Waals surface area contributed by atoms with E-state index < -0.39 is 0 Å². The Bertz CT molecular complexity index is 744. The van der Waals surface area contributed by atoms with E-state index in [1.807, 2.05) is 12.1 Å². The Morgan fingerprint density at radius 1 is 1.27 bits per heavy atom. The van der Waals surface area contributed by atoms with Gasteiger partial charge in [0.05, 0.1) is 5.92 Å². The topological polar surface area (TPSA) is 66.8 Å². The number of hydrogen-bond acceptors (Lipinski definition) is 4. The fourth-order valence-electron chi connectivity index (χ4n) is 7.08. The van der Waals surface area contributed by atoms with Crippen molar-refractivity contribution < 1.29 is 19.7 Å². The first-order valence-corrected chi connectivity index (χ1v) is 10.2. The molecule has 5 rings (SSSR count). The Hall–Kier alpha value is -1.55. The van der Waals surface area contributed by atoms with E-state index in [1.165, 1.54) is 17.5 Å². The number of phenolic OH excluding ortho intramolecular Hbond substituents is 1. The molecule has 1 aromatic rings. The molecule has 3 fully saturated rings. The lowest BCUT2D eigenvalue weighted by Gasteiger charge is -2.50. The van der Waals surface area contributed by atoms with Crippen LogP contribution in [0.25, 0.3) is 0 Å². The zero-order valence-electron chi connectivity index (χ0n) is 15.4. The number of carbonyl (C=O) groups excluding carboxylic acids is 1. The number of aromatic hydroxyl groups is 1. The maximum atomic E-state index is 12.3. The summed E-state index contributed by atoms with van der Waals surface area (Å²) in [4.78, 5) is 12.3. The van der Waals surface area contributed by atoms with Crippen LogP contribution in [0.1, 0.15) is 56.1 Å². The molecule has 2 saturated carbocycles. The highest BCUT2D eigenvalue weighted by Crippen LogP contribution is 2.65. The molecule has 0 aromatic heterocycles. The predicted octanol–water partition coefficient (Wildman–Crippen LogP) is 3.40. The van der Waals surface area contributed by atoms with Crippen molar-refractivity contribution in [1.82, 2.24) is 0 Å². The van der Waals surface area contributed by atoms with Gasteiger partial charge < -0.3 is 14.9 Å². The number of benzene rings is 1. The smallest absolute Gasteiger partial charge is 0.309 e. The van der Waals surface area contributed by atoms with Gasteiger partial charge in [0.1, 0.15) is 11.9 Å². The van der Waals surface area contributed by atoms with Gasteiger partial charge in [-0.25, -0.2) is 0 Å². The summed E-state index contributed by atoms with van der Waals surface area (Å²) >= 11 is 0. The Kier molecular flexibility index (Phi) is 3.66. The molecule has 1 aliphatic heterocycles. The largest absolute Gasteiger partial charge is 0.508 e. The van der Waals surface area contributed by atoms with Crippen LogP contribution in [0.2, 0.25) is 0 Å². The van der Waals surface area contributed by atoms with Crippen molar-refractivity contribution in [2.45, 2.75) is 57.5 Å². The van der Waals surface area contributed by atoms with E-state index in [0.29, 0.717) is 29.9 Å². The summed E-state index contributed by atoms with van der Waals surface area (Å²) in [5.74, 6) is 2.27. The molecule has 26 heavy (non-hydrogen) atoms. The maximum absolute atomic E-state index is 12.3. The summed E-state index contributed by atoms with van der Waals surface area (Å²) in [5.41, 5.74) is 2.83. The van der Waals surface area contributed by atoms with E-state index in [1.54, 1.807) is 0 Å². The average molecular weight is 356 g/mol. The lowest BCUT2D eigenvalue weighted by molar-refractivity contribution is -0.151. The van der Waals surface area contributed by atoms with Gasteiger partial charge in [-0.1, -0.05) is 13.0 Å². The van der Waals surface area contributed by atoms with Crippen LogP contribution in [0, 0.1) is 29.1 Å². The molecule has 2 N–H and O–H groups in total. The van der Waals surface area contributed by atoms with Crippen molar-refractivity contribution in [3.05, 3.63) is 29.3 Å². The highest BCUT2D eigenvalue weighted by Gasteiger charge is 2.64. The molecule has 0 bridgehead atoms. The standard InChI is InChI=1S/C22H28O4/c1-22-8-6-15-14-5-3-13(24)10-12(14)2-4-16(15)19(22)11-18-17(7-9-23)21(25)26-20(18)22/h3,5,10,15-20,23-24H,2,4,6-9,11H2,1H3/t15-,16-,17+,18-,19+,20?,22+/m1/s1. The minimum atomic E-state index is -0.112. The van der Waals surface area contributed by atoms with Gasteiger partial charge in [0, 0.05) is 17.9 Å². The molecule has 0 radical (unpaired) electrons. The third-order valence-corrected chi connectivity index (χ3v) is 8.22. The summed E-state index contributed by atoms with van der Waals surface area (Å²) < 4.78 is 5.90. The number of ether oxygens (including phenoxy) is 1. The first kappa shape index (κ1) is 16.6. The number of phenols is 1. The summed E-state index contributed by atoms with van der Waals surface area (Å²) in [7, 11) is 0. The SMILES string of the molecule is C[C@]12CC[C@@H]3c4ccc(O)cc4CC[C@H]3[C@@H]1C[C@H]1C2OC(=O)[C@H]1CCO. The van der Waals surface area contributed by atoms with Crippen LogP contribution in [0.4, 0.5) is 0 Å². The molecular formula is C22H28O4. The molecule has 1 aromatic carbocycles. The highest BCUT2D eigenvalue weighted by molar-refractivity contribution is 5.75. The molecule has 0 spiro atoms. The van der Waals surface area contributed by atoms with Gasteiger partial charge in [0.2, 0.25) is 0 Å². The fourth-order valence-corrected chi connectivity index (χ4v) is 7.08. The Morgan fingerprint density at radius 2 is 2.12 bits per heavy atom. The van der Waals surface area contributed by atoms with Gasteiger partial charge in [-0.05, 0) is 79.5 Å². The maximum Gasteiger partial charge on any atom is 0.309 e. The van der Waals surface area contributed by atoms with Crippen LogP contribution in [-0.2, 0) is 16.0 Å². The van der Waals surface area contributed by atoms with E-state index >= 15 is 0 Å². The average Bonchev–Trinajstić information content (AvgIpc) is 3.09. The second-order valence-electron chi connectivity index (χ2n) is 9.22. The minimum absolute atomic E-state index is 0.0405. The van der Waals surface area contributed by atoms with E-state index in [-0.39, 0.29) is 35.9 Å². The van der Waals surface area contributed by atoms with Crippen LogP contribution in [-0.4, -0.2) is 28.9 Å². The van der Waals surface area contributed by atoms with Crippen LogP contribution in [0.5, 0.6) is 5.75 Å². The lowest BCUT2D eigenvalue weighted by atomic mass is 9.55. The first-order valence-electron chi connectivity index (χ1n) is 10.2. The van der Waals surface area contributed by atoms with Gasteiger partial charge in [-0.3, -0.25) is 4.79 Å². The zero-order valence-corrected chi connectivity index (χ0v) is 15.4. The number of aliphatic hydroxyl groups excluding tert-OH is 1. The second kappa shape index (κ2) is 5.72. The summed E-state index contributed by atoms with van der Waals surface area (Å²) in [6.45, 7) is 2.41. The number of carbonyl (C=O) groups is 1. The highest BCUT2D eigenvalue weighted by atomic mass is 16.6. The molecule has 3 aliphatic carbocycles. The Balaban J connectivity index is 1.47. The van der Waals surface area contributed by atoms with Crippen molar-refractivity contribution >= 4 is 5.97 Å². The van der Waals surface area contributed by atoms with Crippen LogP contribution < -0.4 is 0 Å². The van der Waals surface area contributed by atoms with Crippen molar-refractivity contribution in [2.75, 3.05) is 6.61 Å². The van der Waals surface area contributed by atoms with Crippen LogP contribution in [0.15, 0.2) is 18.2 Å². The fraction of sp³-hybridized carbons (Fsp3) is 0.682. The molecule has 1 heterocycles. The van der Waals surface area contributed by atoms with Crippen molar-refractivity contribution in [3.8, 4) is 5.75 Å². The summed E-state index contributed by atoms with van der Waals surface area (Å²) in [6.07, 6.45) is 6.08. The molecule has 0 amide bonds.